The topological polar surface area (TPSA) is 26.0 Å². The van der Waals surface area contributed by atoms with E-state index in [1.165, 1.54) is 5.57 Å². The Morgan fingerprint density at radius 3 is 2.56 bits per heavy atom. The van der Waals surface area contributed by atoms with Gasteiger partial charge in [0, 0.05) is 6.54 Å². The highest BCUT2D eigenvalue weighted by molar-refractivity contribution is 5.19. The van der Waals surface area contributed by atoms with Gasteiger partial charge in [-0.3, -0.25) is 0 Å². The van der Waals surface area contributed by atoms with E-state index in [1.54, 1.807) is 0 Å². The maximum Gasteiger partial charge on any atom is 0.0137 e. The van der Waals surface area contributed by atoms with Gasteiger partial charge in [0.15, 0.2) is 0 Å². The molecule has 52 valence electrons. The largest absolute Gasteiger partial charge is 0.327 e. The molecule has 1 nitrogen and oxygen atoms in total. The van der Waals surface area contributed by atoms with E-state index in [-0.39, 0.29) is 0 Å². The summed E-state index contributed by atoms with van der Waals surface area (Å²) in [6.45, 7) is 8.57. The molecule has 0 aromatic heterocycles. The third-order valence-electron chi connectivity index (χ3n) is 1.23. The fourth-order valence-corrected chi connectivity index (χ4v) is 0.509. The first-order valence-electron chi connectivity index (χ1n) is 3.25. The fraction of sp³-hybridized carbons (Fsp3) is 0.500. The molecule has 0 saturated carbocycles. The van der Waals surface area contributed by atoms with E-state index in [0.717, 1.165) is 12.0 Å². The second-order valence-electron chi connectivity index (χ2n) is 2.21. The van der Waals surface area contributed by atoms with Gasteiger partial charge in [-0.05, 0) is 13.3 Å². The monoisotopic (exact) mass is 125 g/mol. The zero-order chi connectivity index (χ0) is 7.28. The molecule has 1 heteroatoms. The van der Waals surface area contributed by atoms with Gasteiger partial charge in [-0.1, -0.05) is 30.7 Å². The van der Waals surface area contributed by atoms with Crippen molar-refractivity contribution in [3.8, 4) is 0 Å². The molecule has 2 N–H and O–H groups in total. The van der Waals surface area contributed by atoms with Crippen LogP contribution in [0.1, 0.15) is 20.3 Å². The molecule has 0 heterocycles. The van der Waals surface area contributed by atoms with Gasteiger partial charge < -0.3 is 5.73 Å². The van der Waals surface area contributed by atoms with Crippen molar-refractivity contribution in [1.29, 1.82) is 0 Å². The SMILES string of the molecule is C=C(/C=C(/C)CN)CC. The third-order valence-corrected chi connectivity index (χ3v) is 1.23. The molecule has 0 rings (SSSR count). The molecule has 0 atom stereocenters. The van der Waals surface area contributed by atoms with Gasteiger partial charge in [0.05, 0.1) is 0 Å². The average Bonchev–Trinajstić information content (AvgIpc) is 1.87. The van der Waals surface area contributed by atoms with Crippen LogP contribution in [0.5, 0.6) is 0 Å². The number of allylic oxidation sites excluding steroid dienone is 2. The Bertz CT molecular complexity index is 123. The Hall–Kier alpha value is -0.560. The summed E-state index contributed by atoms with van der Waals surface area (Å²) in [5, 5.41) is 0. The van der Waals surface area contributed by atoms with Crippen molar-refractivity contribution in [2.75, 3.05) is 6.54 Å². The van der Waals surface area contributed by atoms with Crippen LogP contribution in [0.2, 0.25) is 0 Å². The van der Waals surface area contributed by atoms with E-state index >= 15 is 0 Å². The van der Waals surface area contributed by atoms with E-state index in [1.807, 2.05) is 13.0 Å². The number of nitrogens with two attached hydrogens (primary N) is 1. The van der Waals surface area contributed by atoms with Crippen molar-refractivity contribution < 1.29 is 0 Å². The van der Waals surface area contributed by atoms with E-state index in [0.29, 0.717) is 6.54 Å². The standard InChI is InChI=1S/C8H15N/c1-4-7(2)5-8(3)6-9/h5H,2,4,6,9H2,1,3H3/b8-5-. The number of hydrogen-bond acceptors (Lipinski definition) is 1. The van der Waals surface area contributed by atoms with E-state index < -0.39 is 0 Å². The Balaban J connectivity index is 3.79. The highest BCUT2D eigenvalue weighted by Gasteiger charge is 1.85. The lowest BCUT2D eigenvalue weighted by atomic mass is 10.1. The van der Waals surface area contributed by atoms with Gasteiger partial charge in [-0.25, -0.2) is 0 Å². The van der Waals surface area contributed by atoms with Crippen LogP contribution in [-0.4, -0.2) is 6.54 Å². The van der Waals surface area contributed by atoms with E-state index in [4.69, 9.17) is 5.73 Å². The molecule has 0 aromatic carbocycles. The third kappa shape index (κ3) is 3.98. The second kappa shape index (κ2) is 4.33. The maximum absolute atomic E-state index is 5.37. The Kier molecular flexibility index (Phi) is 4.06. The van der Waals surface area contributed by atoms with Crippen LogP contribution in [0.15, 0.2) is 23.8 Å². The zero-order valence-corrected chi connectivity index (χ0v) is 6.28. The van der Waals surface area contributed by atoms with Gasteiger partial charge >= 0.3 is 0 Å². The lowest BCUT2D eigenvalue weighted by molar-refractivity contribution is 1.10. The van der Waals surface area contributed by atoms with Gasteiger partial charge in [0.1, 0.15) is 0 Å². The van der Waals surface area contributed by atoms with Crippen LogP contribution in [0.3, 0.4) is 0 Å². The van der Waals surface area contributed by atoms with Crippen LogP contribution in [0.25, 0.3) is 0 Å². The number of hydrogen-bond donors (Lipinski definition) is 1. The van der Waals surface area contributed by atoms with Crippen molar-refractivity contribution in [3.63, 3.8) is 0 Å². The summed E-state index contributed by atoms with van der Waals surface area (Å²) in [6.07, 6.45) is 3.05. The minimum absolute atomic E-state index is 0.638. The van der Waals surface area contributed by atoms with Crippen LogP contribution in [0.4, 0.5) is 0 Å². The average molecular weight is 125 g/mol. The second-order valence-corrected chi connectivity index (χ2v) is 2.21. The highest BCUT2D eigenvalue weighted by Crippen LogP contribution is 2.01. The Morgan fingerprint density at radius 1 is 1.67 bits per heavy atom. The lowest BCUT2D eigenvalue weighted by Crippen LogP contribution is -1.99. The molecule has 0 aliphatic rings. The molecule has 0 fully saturated rings. The predicted octanol–water partition coefficient (Wildman–Crippen LogP) is 1.86. The molecule has 0 bridgehead atoms. The van der Waals surface area contributed by atoms with Crippen molar-refractivity contribution in [3.05, 3.63) is 23.8 Å². The Morgan fingerprint density at radius 2 is 2.22 bits per heavy atom. The minimum atomic E-state index is 0.638. The molecule has 0 aliphatic carbocycles. The van der Waals surface area contributed by atoms with Crippen LogP contribution < -0.4 is 5.73 Å². The molecule has 0 radical (unpaired) electrons. The lowest BCUT2D eigenvalue weighted by Gasteiger charge is -1.95. The fourth-order valence-electron chi connectivity index (χ4n) is 0.509. The van der Waals surface area contributed by atoms with Crippen molar-refractivity contribution in [1.82, 2.24) is 0 Å². The van der Waals surface area contributed by atoms with Crippen molar-refractivity contribution in [2.24, 2.45) is 5.73 Å². The molecule has 9 heavy (non-hydrogen) atoms. The quantitative estimate of drug-likeness (QED) is 0.572. The summed E-state index contributed by atoms with van der Waals surface area (Å²) in [5.41, 5.74) is 7.71. The summed E-state index contributed by atoms with van der Waals surface area (Å²) in [6, 6.07) is 0. The van der Waals surface area contributed by atoms with Gasteiger partial charge in [-0.2, -0.15) is 0 Å². The molecule has 0 aromatic rings. The van der Waals surface area contributed by atoms with E-state index in [9.17, 15) is 0 Å². The van der Waals surface area contributed by atoms with Gasteiger partial charge in [0.2, 0.25) is 0 Å². The number of rotatable bonds is 3. The molecule has 0 unspecified atom stereocenters. The maximum atomic E-state index is 5.37. The van der Waals surface area contributed by atoms with Crippen LogP contribution >= 0.6 is 0 Å². The summed E-state index contributed by atoms with van der Waals surface area (Å²) in [5.74, 6) is 0. The normalized spacial score (nSPS) is 11.7. The van der Waals surface area contributed by atoms with Gasteiger partial charge in [0.25, 0.3) is 0 Å². The van der Waals surface area contributed by atoms with E-state index in [2.05, 4.69) is 13.5 Å². The Labute approximate surface area is 57.3 Å². The molecular formula is C8H15N. The molecule has 0 spiro atoms. The molecular weight excluding hydrogens is 110 g/mol. The van der Waals surface area contributed by atoms with Crippen molar-refractivity contribution >= 4 is 0 Å². The smallest absolute Gasteiger partial charge is 0.0137 e. The summed E-state index contributed by atoms with van der Waals surface area (Å²) in [7, 11) is 0. The molecule has 0 saturated heterocycles. The first-order chi connectivity index (χ1) is 4.20. The summed E-state index contributed by atoms with van der Waals surface area (Å²) in [4.78, 5) is 0. The summed E-state index contributed by atoms with van der Waals surface area (Å²) < 4.78 is 0. The molecule has 0 aliphatic heterocycles. The predicted molar refractivity (Wildman–Crippen MR) is 42.2 cm³/mol. The minimum Gasteiger partial charge on any atom is -0.327 e. The molecule has 0 amide bonds. The van der Waals surface area contributed by atoms with Gasteiger partial charge in [-0.15, -0.1) is 0 Å². The zero-order valence-electron chi connectivity index (χ0n) is 6.28. The highest BCUT2D eigenvalue weighted by atomic mass is 14.5. The first kappa shape index (κ1) is 8.44. The van der Waals surface area contributed by atoms with Crippen molar-refractivity contribution in [2.45, 2.75) is 20.3 Å². The summed E-state index contributed by atoms with van der Waals surface area (Å²) >= 11 is 0. The first-order valence-corrected chi connectivity index (χ1v) is 3.25. The van der Waals surface area contributed by atoms with Crippen LogP contribution in [0, 0.1) is 0 Å². The van der Waals surface area contributed by atoms with Crippen LogP contribution in [-0.2, 0) is 0 Å².